The number of nitro benzene ring substituents is 1. The lowest BCUT2D eigenvalue weighted by Gasteiger charge is -2.17. The second-order valence-electron chi connectivity index (χ2n) is 4.56. The zero-order valence-corrected chi connectivity index (χ0v) is 13.5. The Morgan fingerprint density at radius 3 is 2.62 bits per heavy atom. The number of para-hydroxylation sites is 1. The second-order valence-corrected chi connectivity index (χ2v) is 5.80. The van der Waals surface area contributed by atoms with E-state index < -0.39 is 4.92 Å². The van der Waals surface area contributed by atoms with Crippen molar-refractivity contribution in [2.45, 2.75) is 6.54 Å². The van der Waals surface area contributed by atoms with Crippen LogP contribution in [-0.2, 0) is 6.54 Å². The summed E-state index contributed by atoms with van der Waals surface area (Å²) >= 11 is 2.14. The quantitative estimate of drug-likeness (QED) is 0.452. The fourth-order valence-electron chi connectivity index (χ4n) is 1.99. The van der Waals surface area contributed by atoms with E-state index in [4.69, 9.17) is 0 Å². The number of benzene rings is 2. The van der Waals surface area contributed by atoms with E-state index in [-0.39, 0.29) is 18.1 Å². The third-order valence-corrected chi connectivity index (χ3v) is 3.69. The molecule has 21 heavy (non-hydrogen) atoms. The highest BCUT2D eigenvalue weighted by atomic mass is 127. The minimum Gasteiger partial charge on any atom is -0.337 e. The van der Waals surface area contributed by atoms with Gasteiger partial charge in [-0.2, -0.15) is 0 Å². The molecule has 0 aliphatic heterocycles. The van der Waals surface area contributed by atoms with Gasteiger partial charge >= 0.3 is 0 Å². The van der Waals surface area contributed by atoms with Crippen molar-refractivity contribution < 1.29 is 9.72 Å². The maximum Gasteiger partial charge on any atom is 0.274 e. The number of hydrogen-bond acceptors (Lipinski definition) is 3. The van der Waals surface area contributed by atoms with Crippen LogP contribution in [0.2, 0.25) is 0 Å². The smallest absolute Gasteiger partial charge is 0.274 e. The molecular formula is C15H13IN2O3. The van der Waals surface area contributed by atoms with E-state index in [9.17, 15) is 14.9 Å². The topological polar surface area (TPSA) is 63.4 Å². The van der Waals surface area contributed by atoms with Gasteiger partial charge in [0.05, 0.1) is 11.5 Å². The lowest BCUT2D eigenvalue weighted by atomic mass is 10.1. The molecule has 2 aromatic rings. The molecule has 5 nitrogen and oxygen atoms in total. The van der Waals surface area contributed by atoms with Crippen molar-refractivity contribution in [2.24, 2.45) is 0 Å². The van der Waals surface area contributed by atoms with Gasteiger partial charge in [0.15, 0.2) is 0 Å². The summed E-state index contributed by atoms with van der Waals surface area (Å²) in [5.74, 6) is -0.160. The number of halogens is 1. The van der Waals surface area contributed by atoms with E-state index in [0.29, 0.717) is 11.1 Å². The summed E-state index contributed by atoms with van der Waals surface area (Å²) < 4.78 is 0.970. The van der Waals surface area contributed by atoms with E-state index in [1.165, 1.54) is 11.0 Å². The molecular weight excluding hydrogens is 383 g/mol. The lowest BCUT2D eigenvalue weighted by Crippen LogP contribution is -2.26. The molecule has 0 fully saturated rings. The Bertz CT molecular complexity index is 688. The summed E-state index contributed by atoms with van der Waals surface area (Å²) in [7, 11) is 1.64. The van der Waals surface area contributed by atoms with E-state index >= 15 is 0 Å². The van der Waals surface area contributed by atoms with Gasteiger partial charge in [-0.3, -0.25) is 14.9 Å². The van der Waals surface area contributed by atoms with Gasteiger partial charge in [0.1, 0.15) is 0 Å². The van der Waals surface area contributed by atoms with Gasteiger partial charge in [0, 0.05) is 27.8 Å². The van der Waals surface area contributed by atoms with E-state index in [1.54, 1.807) is 37.4 Å². The van der Waals surface area contributed by atoms with Crippen LogP contribution in [0.1, 0.15) is 15.9 Å². The zero-order chi connectivity index (χ0) is 15.4. The van der Waals surface area contributed by atoms with Gasteiger partial charge in [0.25, 0.3) is 11.6 Å². The highest BCUT2D eigenvalue weighted by molar-refractivity contribution is 14.1. The van der Waals surface area contributed by atoms with Crippen molar-refractivity contribution in [3.05, 3.63) is 73.3 Å². The van der Waals surface area contributed by atoms with Crippen molar-refractivity contribution in [2.75, 3.05) is 7.05 Å². The average Bonchev–Trinajstić information content (AvgIpc) is 2.46. The number of carbonyl (C=O) groups is 1. The molecule has 6 heteroatoms. The molecule has 2 rings (SSSR count). The first kappa shape index (κ1) is 15.4. The number of nitro groups is 1. The SMILES string of the molecule is CN(Cc1ccccc1[N+](=O)[O-])C(=O)c1cccc(I)c1. The highest BCUT2D eigenvalue weighted by Crippen LogP contribution is 2.20. The van der Waals surface area contributed by atoms with Crippen LogP contribution in [0.15, 0.2) is 48.5 Å². The Hall–Kier alpha value is -1.96. The van der Waals surface area contributed by atoms with Gasteiger partial charge in [-0.25, -0.2) is 0 Å². The Kier molecular flexibility index (Phi) is 4.89. The lowest BCUT2D eigenvalue weighted by molar-refractivity contribution is -0.385. The first-order valence-corrected chi connectivity index (χ1v) is 7.30. The third kappa shape index (κ3) is 3.78. The molecule has 0 aromatic heterocycles. The number of carbonyl (C=O) groups excluding carboxylic acids is 1. The molecule has 0 atom stereocenters. The summed E-state index contributed by atoms with van der Waals surface area (Å²) in [5, 5.41) is 11.0. The van der Waals surface area contributed by atoms with Crippen LogP contribution in [0.4, 0.5) is 5.69 Å². The zero-order valence-electron chi connectivity index (χ0n) is 11.3. The molecule has 0 radical (unpaired) electrons. The van der Waals surface area contributed by atoms with Crippen LogP contribution in [0.5, 0.6) is 0 Å². The Morgan fingerprint density at radius 1 is 1.24 bits per heavy atom. The number of rotatable bonds is 4. The molecule has 108 valence electrons. The Labute approximate surface area is 135 Å². The predicted molar refractivity (Wildman–Crippen MR) is 88.1 cm³/mol. The summed E-state index contributed by atoms with van der Waals surface area (Å²) in [6.45, 7) is 0.196. The minimum absolute atomic E-state index is 0.0276. The number of nitrogens with zero attached hydrogens (tertiary/aromatic N) is 2. The first-order chi connectivity index (χ1) is 9.99. The summed E-state index contributed by atoms with van der Waals surface area (Å²) in [4.78, 5) is 24.4. The number of amides is 1. The van der Waals surface area contributed by atoms with Crippen LogP contribution in [-0.4, -0.2) is 22.8 Å². The normalized spacial score (nSPS) is 10.2. The third-order valence-electron chi connectivity index (χ3n) is 3.01. The van der Waals surface area contributed by atoms with Crippen LogP contribution in [0, 0.1) is 13.7 Å². The van der Waals surface area contributed by atoms with Gasteiger partial charge in [-0.1, -0.05) is 24.3 Å². The van der Waals surface area contributed by atoms with Crippen molar-refractivity contribution in [3.8, 4) is 0 Å². The van der Waals surface area contributed by atoms with Crippen LogP contribution < -0.4 is 0 Å². The Balaban J connectivity index is 2.20. The largest absolute Gasteiger partial charge is 0.337 e. The predicted octanol–water partition coefficient (Wildman–Crippen LogP) is 3.47. The Morgan fingerprint density at radius 2 is 1.95 bits per heavy atom. The summed E-state index contributed by atoms with van der Waals surface area (Å²) in [5.41, 5.74) is 1.12. The van der Waals surface area contributed by atoms with Crippen LogP contribution >= 0.6 is 22.6 Å². The van der Waals surface area contributed by atoms with E-state index in [0.717, 1.165) is 3.57 Å². The fraction of sp³-hybridized carbons (Fsp3) is 0.133. The van der Waals surface area contributed by atoms with Crippen molar-refractivity contribution in [1.82, 2.24) is 4.90 Å². The van der Waals surface area contributed by atoms with Crippen LogP contribution in [0.3, 0.4) is 0 Å². The average molecular weight is 396 g/mol. The van der Waals surface area contributed by atoms with Gasteiger partial charge in [-0.15, -0.1) is 0 Å². The van der Waals surface area contributed by atoms with Gasteiger partial charge in [0.2, 0.25) is 0 Å². The molecule has 0 spiro atoms. The molecule has 0 heterocycles. The second kappa shape index (κ2) is 6.66. The molecule has 0 saturated carbocycles. The van der Waals surface area contributed by atoms with Gasteiger partial charge in [-0.05, 0) is 40.8 Å². The van der Waals surface area contributed by atoms with E-state index in [1.807, 2.05) is 12.1 Å². The summed E-state index contributed by atoms with van der Waals surface area (Å²) in [6.07, 6.45) is 0. The molecule has 0 bridgehead atoms. The maximum atomic E-state index is 12.3. The molecule has 0 N–H and O–H groups in total. The molecule has 0 aliphatic carbocycles. The molecule has 1 amide bonds. The van der Waals surface area contributed by atoms with Crippen molar-refractivity contribution >= 4 is 34.2 Å². The number of hydrogen-bond donors (Lipinski definition) is 0. The van der Waals surface area contributed by atoms with Crippen LogP contribution in [0.25, 0.3) is 0 Å². The molecule has 0 unspecified atom stereocenters. The van der Waals surface area contributed by atoms with Crippen molar-refractivity contribution in [3.63, 3.8) is 0 Å². The summed E-state index contributed by atoms with van der Waals surface area (Å²) in [6, 6.07) is 13.7. The molecule has 0 saturated heterocycles. The molecule has 2 aromatic carbocycles. The fourth-order valence-corrected chi connectivity index (χ4v) is 2.53. The maximum absolute atomic E-state index is 12.3. The monoisotopic (exact) mass is 396 g/mol. The highest BCUT2D eigenvalue weighted by Gasteiger charge is 2.17. The van der Waals surface area contributed by atoms with E-state index in [2.05, 4.69) is 22.6 Å². The standard InChI is InChI=1S/C15H13IN2O3/c1-17(15(19)11-6-4-7-13(16)9-11)10-12-5-2-3-8-14(12)18(20)21/h2-9H,10H2,1H3. The van der Waals surface area contributed by atoms with Crippen molar-refractivity contribution in [1.29, 1.82) is 0 Å². The molecule has 0 aliphatic rings. The minimum atomic E-state index is -0.431. The van der Waals surface area contributed by atoms with Gasteiger partial charge < -0.3 is 4.90 Å². The first-order valence-electron chi connectivity index (χ1n) is 6.22.